The van der Waals surface area contributed by atoms with Gasteiger partial charge in [0.1, 0.15) is 0 Å². The van der Waals surface area contributed by atoms with Crippen molar-refractivity contribution < 1.29 is 0 Å². The zero-order valence-corrected chi connectivity index (χ0v) is 4.83. The van der Waals surface area contributed by atoms with Crippen LogP contribution >= 0.6 is 0 Å². The van der Waals surface area contributed by atoms with Gasteiger partial charge in [0, 0.05) is 12.4 Å². The van der Waals surface area contributed by atoms with Gasteiger partial charge in [-0.2, -0.15) is 0 Å². The topological polar surface area (TPSA) is 25.8 Å². The van der Waals surface area contributed by atoms with Crippen molar-refractivity contribution >= 4 is 13.0 Å². The molecule has 0 aliphatic carbocycles. The molecular formula is C5H7BN2. The molecule has 0 bridgehead atoms. The molecule has 0 saturated heterocycles. The van der Waals surface area contributed by atoms with E-state index in [-0.39, 0.29) is 0 Å². The highest BCUT2D eigenvalue weighted by molar-refractivity contribution is 6.49. The van der Waals surface area contributed by atoms with Crippen LogP contribution in [0, 0.1) is 0 Å². The number of nitrogens with zero attached hydrogens (tertiary/aromatic N) is 2. The Morgan fingerprint density at radius 3 is 2.38 bits per heavy atom. The second-order valence-electron chi connectivity index (χ2n) is 1.52. The van der Waals surface area contributed by atoms with Gasteiger partial charge in [-0.15, -0.1) is 0 Å². The van der Waals surface area contributed by atoms with Crippen LogP contribution in [0.5, 0.6) is 0 Å². The van der Waals surface area contributed by atoms with Gasteiger partial charge in [0.05, 0.1) is 5.72 Å². The second-order valence-corrected chi connectivity index (χ2v) is 1.52. The Hall–Kier alpha value is -0.855. The quantitative estimate of drug-likeness (QED) is 0.454. The Morgan fingerprint density at radius 2 is 2.00 bits per heavy atom. The lowest BCUT2D eigenvalue weighted by Crippen LogP contribution is -2.17. The van der Waals surface area contributed by atoms with Gasteiger partial charge in [0.25, 0.3) is 0 Å². The summed E-state index contributed by atoms with van der Waals surface area (Å²) in [6.45, 7) is 2.04. The Labute approximate surface area is 49.2 Å². The van der Waals surface area contributed by atoms with Crippen LogP contribution in [0.15, 0.2) is 18.5 Å². The second kappa shape index (κ2) is 2.45. The van der Waals surface area contributed by atoms with Gasteiger partial charge in [0.15, 0.2) is 0 Å². The maximum Gasteiger partial charge on any atom is 0.204 e. The highest BCUT2D eigenvalue weighted by Gasteiger charge is 1.86. The molecule has 0 aromatic carbocycles. The fourth-order valence-corrected chi connectivity index (χ4v) is 0.513. The zero-order chi connectivity index (χ0) is 5.82. The smallest absolute Gasteiger partial charge is 0.204 e. The molecule has 0 atom stereocenters. The molecule has 3 heteroatoms. The lowest BCUT2D eigenvalue weighted by atomic mass is 9.81. The van der Waals surface area contributed by atoms with E-state index in [0.29, 0.717) is 0 Å². The molecule has 0 fully saturated rings. The summed E-state index contributed by atoms with van der Waals surface area (Å²) in [5, 5.41) is 0. The summed E-state index contributed by atoms with van der Waals surface area (Å²) in [4.78, 5) is 7.97. The Kier molecular flexibility index (Phi) is 1.62. The third kappa shape index (κ3) is 1.06. The van der Waals surface area contributed by atoms with Crippen LogP contribution in [-0.4, -0.2) is 17.2 Å². The SMILES string of the molecule is CBc1ncccn1. The fraction of sp³-hybridized carbons (Fsp3) is 0.200. The average molecular weight is 106 g/mol. The maximum atomic E-state index is 3.99. The summed E-state index contributed by atoms with van der Waals surface area (Å²) < 4.78 is 0. The third-order valence-electron chi connectivity index (χ3n) is 0.935. The summed E-state index contributed by atoms with van der Waals surface area (Å²) in [5.41, 5.74) is 0.910. The molecule has 0 saturated carbocycles. The highest BCUT2D eigenvalue weighted by Crippen LogP contribution is 1.67. The molecule has 0 aliphatic heterocycles. The van der Waals surface area contributed by atoms with Crippen molar-refractivity contribution in [3.63, 3.8) is 0 Å². The van der Waals surface area contributed by atoms with Crippen LogP contribution in [0.2, 0.25) is 6.82 Å². The molecule has 1 aromatic heterocycles. The van der Waals surface area contributed by atoms with E-state index in [1.54, 1.807) is 12.4 Å². The van der Waals surface area contributed by atoms with Crippen LogP contribution in [0.3, 0.4) is 0 Å². The average Bonchev–Trinajstić information content (AvgIpc) is 1.90. The van der Waals surface area contributed by atoms with E-state index in [1.807, 2.05) is 12.9 Å². The molecule has 2 nitrogen and oxygen atoms in total. The van der Waals surface area contributed by atoms with Crippen molar-refractivity contribution in [1.29, 1.82) is 0 Å². The molecule has 1 aromatic rings. The molecule has 0 spiro atoms. The molecule has 1 rings (SSSR count). The van der Waals surface area contributed by atoms with E-state index >= 15 is 0 Å². The van der Waals surface area contributed by atoms with Gasteiger partial charge in [0.2, 0.25) is 7.28 Å². The molecule has 40 valence electrons. The van der Waals surface area contributed by atoms with Crippen molar-refractivity contribution in [2.24, 2.45) is 0 Å². The molecule has 1 heterocycles. The number of rotatable bonds is 1. The summed E-state index contributed by atoms with van der Waals surface area (Å²) >= 11 is 0. The first-order valence-corrected chi connectivity index (χ1v) is 2.69. The normalized spacial score (nSPS) is 8.62. The largest absolute Gasteiger partial charge is 0.253 e. The van der Waals surface area contributed by atoms with Crippen LogP contribution in [0.25, 0.3) is 0 Å². The monoisotopic (exact) mass is 106 g/mol. The summed E-state index contributed by atoms with van der Waals surface area (Å²) in [7, 11) is 0.918. The maximum absolute atomic E-state index is 3.99. The van der Waals surface area contributed by atoms with Gasteiger partial charge < -0.3 is 0 Å². The van der Waals surface area contributed by atoms with E-state index in [4.69, 9.17) is 0 Å². The molecule has 0 aliphatic rings. The first-order chi connectivity index (χ1) is 3.93. The first kappa shape index (κ1) is 5.28. The summed E-state index contributed by atoms with van der Waals surface area (Å²) in [6, 6.07) is 1.82. The number of hydrogen-bond donors (Lipinski definition) is 0. The summed E-state index contributed by atoms with van der Waals surface area (Å²) in [5.74, 6) is 0. The number of hydrogen-bond acceptors (Lipinski definition) is 2. The van der Waals surface area contributed by atoms with Gasteiger partial charge >= 0.3 is 0 Å². The Morgan fingerprint density at radius 1 is 1.38 bits per heavy atom. The molecule has 8 heavy (non-hydrogen) atoms. The predicted octanol–water partition coefficient (Wildman–Crippen LogP) is -0.413. The minimum Gasteiger partial charge on any atom is -0.253 e. The Balaban J connectivity index is 2.83. The van der Waals surface area contributed by atoms with E-state index in [2.05, 4.69) is 9.97 Å². The van der Waals surface area contributed by atoms with Crippen molar-refractivity contribution in [1.82, 2.24) is 9.97 Å². The van der Waals surface area contributed by atoms with E-state index < -0.39 is 0 Å². The van der Waals surface area contributed by atoms with E-state index in [0.717, 1.165) is 13.0 Å². The van der Waals surface area contributed by atoms with Crippen molar-refractivity contribution in [2.45, 2.75) is 6.82 Å². The molecular weight excluding hydrogens is 98.9 g/mol. The van der Waals surface area contributed by atoms with Gasteiger partial charge in [-0.1, -0.05) is 6.82 Å². The van der Waals surface area contributed by atoms with Crippen LogP contribution < -0.4 is 5.72 Å². The number of aromatic nitrogens is 2. The molecule has 0 radical (unpaired) electrons. The lowest BCUT2D eigenvalue weighted by Gasteiger charge is -1.86. The van der Waals surface area contributed by atoms with Crippen LogP contribution in [-0.2, 0) is 0 Å². The highest BCUT2D eigenvalue weighted by atomic mass is 14.8. The minimum atomic E-state index is 0.910. The van der Waals surface area contributed by atoms with Crippen LogP contribution in [0.1, 0.15) is 0 Å². The minimum absolute atomic E-state index is 0.910. The molecule has 0 amide bonds. The first-order valence-electron chi connectivity index (χ1n) is 2.69. The third-order valence-corrected chi connectivity index (χ3v) is 0.935. The molecule has 0 N–H and O–H groups in total. The molecule has 0 unspecified atom stereocenters. The lowest BCUT2D eigenvalue weighted by molar-refractivity contribution is 1.23. The van der Waals surface area contributed by atoms with E-state index in [9.17, 15) is 0 Å². The Bertz CT molecular complexity index is 152. The van der Waals surface area contributed by atoms with Gasteiger partial charge in [-0.25, -0.2) is 0 Å². The van der Waals surface area contributed by atoms with Crippen molar-refractivity contribution in [2.75, 3.05) is 0 Å². The zero-order valence-electron chi connectivity index (χ0n) is 4.83. The summed E-state index contributed by atoms with van der Waals surface area (Å²) in [6.07, 6.45) is 3.51. The van der Waals surface area contributed by atoms with Crippen molar-refractivity contribution in [3.8, 4) is 0 Å². The van der Waals surface area contributed by atoms with Gasteiger partial charge in [-0.3, -0.25) is 9.97 Å². The standard InChI is InChI=1S/C5H7BN2/c1-6-5-7-3-2-4-8-5/h2-4,6H,1H3. The van der Waals surface area contributed by atoms with Gasteiger partial charge in [-0.05, 0) is 6.07 Å². The predicted molar refractivity (Wildman–Crippen MR) is 34.7 cm³/mol. The van der Waals surface area contributed by atoms with Crippen LogP contribution in [0.4, 0.5) is 0 Å². The fourth-order valence-electron chi connectivity index (χ4n) is 0.513. The van der Waals surface area contributed by atoms with E-state index in [1.165, 1.54) is 0 Å². The van der Waals surface area contributed by atoms with Crippen molar-refractivity contribution in [3.05, 3.63) is 18.5 Å².